The van der Waals surface area contributed by atoms with Crippen LogP contribution >= 0.6 is 21.6 Å². The number of amides is 1. The van der Waals surface area contributed by atoms with Gasteiger partial charge in [0.15, 0.2) is 0 Å². The van der Waals surface area contributed by atoms with E-state index >= 15 is 0 Å². The predicted octanol–water partition coefficient (Wildman–Crippen LogP) is 3.91. The van der Waals surface area contributed by atoms with Crippen molar-refractivity contribution in [1.29, 1.82) is 0 Å². The molecular weight excluding hydrogens is 352 g/mol. The van der Waals surface area contributed by atoms with E-state index in [1.807, 2.05) is 51.4 Å². The van der Waals surface area contributed by atoms with Crippen molar-refractivity contribution < 1.29 is 4.79 Å². The third kappa shape index (κ3) is 5.51. The van der Waals surface area contributed by atoms with E-state index in [2.05, 4.69) is 15.3 Å². The molecule has 1 amide bonds. The molecule has 1 fully saturated rings. The van der Waals surface area contributed by atoms with Crippen LogP contribution in [0.2, 0.25) is 0 Å². The fourth-order valence-electron chi connectivity index (χ4n) is 2.83. The third-order valence-corrected chi connectivity index (χ3v) is 7.29. The van der Waals surface area contributed by atoms with E-state index in [4.69, 9.17) is 0 Å². The number of carbonyl (C=O) groups excluding carboxylic acids is 1. The molecule has 2 aromatic rings. The Morgan fingerprint density at radius 3 is 3.04 bits per heavy atom. The number of nitrogens with one attached hydrogen (secondary N) is 1. The molecule has 1 unspecified atom stereocenters. The lowest BCUT2D eigenvalue weighted by Crippen LogP contribution is -2.22. The molecule has 1 aliphatic rings. The van der Waals surface area contributed by atoms with Crippen LogP contribution in [0.3, 0.4) is 0 Å². The van der Waals surface area contributed by atoms with E-state index in [1.165, 1.54) is 18.6 Å². The molecule has 0 aromatic carbocycles. The maximum Gasteiger partial charge on any atom is 0.220 e. The number of nitrogens with zero attached hydrogens (tertiary/aromatic N) is 3. The Labute approximate surface area is 156 Å². The highest BCUT2D eigenvalue weighted by molar-refractivity contribution is 8.77. The minimum absolute atomic E-state index is 0.130. The smallest absolute Gasteiger partial charge is 0.220 e. The molecule has 0 bridgehead atoms. The summed E-state index contributed by atoms with van der Waals surface area (Å²) in [5.41, 5.74) is 1.05. The lowest BCUT2D eigenvalue weighted by Gasteiger charge is -2.09. The van der Waals surface area contributed by atoms with Gasteiger partial charge in [-0.3, -0.25) is 9.36 Å². The zero-order valence-corrected chi connectivity index (χ0v) is 16.1. The first-order valence-electron chi connectivity index (χ1n) is 8.72. The Bertz CT molecular complexity index is 698. The van der Waals surface area contributed by atoms with Gasteiger partial charge in [-0.05, 0) is 43.9 Å². The van der Waals surface area contributed by atoms with Crippen LogP contribution in [0.1, 0.15) is 43.5 Å². The first-order chi connectivity index (χ1) is 12.2. The van der Waals surface area contributed by atoms with E-state index in [9.17, 15) is 4.79 Å². The predicted molar refractivity (Wildman–Crippen MR) is 105 cm³/mol. The van der Waals surface area contributed by atoms with Crippen LogP contribution < -0.4 is 5.32 Å². The van der Waals surface area contributed by atoms with Crippen LogP contribution in [0, 0.1) is 6.92 Å². The fourth-order valence-corrected chi connectivity index (χ4v) is 5.86. The summed E-state index contributed by atoms with van der Waals surface area (Å²) in [5, 5.41) is 3.81. The van der Waals surface area contributed by atoms with E-state index in [1.54, 1.807) is 12.4 Å². The SMILES string of the molecule is Cc1nccn1-c1cc(CNC(=O)CCCCC2CCSS2)ccn1. The quantitative estimate of drug-likeness (QED) is 0.559. The maximum absolute atomic E-state index is 12.0. The molecule has 0 radical (unpaired) electrons. The van der Waals surface area contributed by atoms with Gasteiger partial charge in [0.25, 0.3) is 0 Å². The second-order valence-electron chi connectivity index (χ2n) is 6.22. The number of rotatable bonds is 8. The average molecular weight is 377 g/mol. The summed E-state index contributed by atoms with van der Waals surface area (Å²) in [4.78, 5) is 20.6. The summed E-state index contributed by atoms with van der Waals surface area (Å²) in [6, 6.07) is 3.93. The van der Waals surface area contributed by atoms with Gasteiger partial charge in [-0.2, -0.15) is 0 Å². The summed E-state index contributed by atoms with van der Waals surface area (Å²) in [6.07, 6.45) is 10.7. The maximum atomic E-state index is 12.0. The molecule has 0 saturated carbocycles. The summed E-state index contributed by atoms with van der Waals surface area (Å²) in [5.74, 6) is 3.13. The third-order valence-electron chi connectivity index (χ3n) is 4.28. The minimum atomic E-state index is 0.130. The number of aromatic nitrogens is 3. The fraction of sp³-hybridized carbons (Fsp3) is 0.500. The molecule has 25 heavy (non-hydrogen) atoms. The number of imidazole rings is 1. The molecule has 1 saturated heterocycles. The molecule has 1 atom stereocenters. The number of unbranched alkanes of at least 4 members (excludes halogenated alkanes) is 1. The molecule has 0 spiro atoms. The second-order valence-corrected chi connectivity index (χ2v) is 9.01. The first kappa shape index (κ1) is 18.3. The zero-order valence-electron chi connectivity index (χ0n) is 14.5. The molecule has 1 N–H and O–H groups in total. The van der Waals surface area contributed by atoms with E-state index in [0.29, 0.717) is 13.0 Å². The van der Waals surface area contributed by atoms with Crippen molar-refractivity contribution in [3.63, 3.8) is 0 Å². The van der Waals surface area contributed by atoms with Gasteiger partial charge < -0.3 is 5.32 Å². The summed E-state index contributed by atoms with van der Waals surface area (Å²) in [6.45, 7) is 2.48. The molecule has 134 valence electrons. The van der Waals surface area contributed by atoms with E-state index < -0.39 is 0 Å². The zero-order chi connectivity index (χ0) is 17.5. The lowest BCUT2D eigenvalue weighted by atomic mass is 10.1. The Morgan fingerprint density at radius 2 is 2.28 bits per heavy atom. The van der Waals surface area contributed by atoms with Gasteiger partial charge in [0.05, 0.1) is 0 Å². The summed E-state index contributed by atoms with van der Waals surface area (Å²) >= 11 is 0. The number of aryl methyl sites for hydroxylation is 1. The summed E-state index contributed by atoms with van der Waals surface area (Å²) in [7, 11) is 3.99. The first-order valence-corrected chi connectivity index (χ1v) is 11.1. The van der Waals surface area contributed by atoms with Gasteiger partial charge in [0, 0.05) is 42.6 Å². The van der Waals surface area contributed by atoms with E-state index in [0.717, 1.165) is 35.3 Å². The van der Waals surface area contributed by atoms with Gasteiger partial charge in [-0.15, -0.1) is 0 Å². The Morgan fingerprint density at radius 1 is 1.36 bits per heavy atom. The summed E-state index contributed by atoms with van der Waals surface area (Å²) < 4.78 is 1.94. The molecular formula is C18H24N4OS2. The molecule has 0 aliphatic carbocycles. The van der Waals surface area contributed by atoms with Crippen LogP contribution in [-0.2, 0) is 11.3 Å². The molecule has 2 aromatic heterocycles. The van der Waals surface area contributed by atoms with E-state index in [-0.39, 0.29) is 5.91 Å². The van der Waals surface area contributed by atoms with Gasteiger partial charge >= 0.3 is 0 Å². The lowest BCUT2D eigenvalue weighted by molar-refractivity contribution is -0.121. The number of pyridine rings is 1. The monoisotopic (exact) mass is 376 g/mol. The van der Waals surface area contributed by atoms with Crippen molar-refractivity contribution >= 4 is 27.5 Å². The molecule has 3 heterocycles. The average Bonchev–Trinajstić information content (AvgIpc) is 3.29. The minimum Gasteiger partial charge on any atom is -0.352 e. The van der Waals surface area contributed by atoms with Crippen molar-refractivity contribution in [3.05, 3.63) is 42.1 Å². The van der Waals surface area contributed by atoms with Crippen LogP contribution in [0.15, 0.2) is 30.7 Å². The Hall–Kier alpha value is -1.47. The van der Waals surface area contributed by atoms with Gasteiger partial charge in [-0.25, -0.2) is 9.97 Å². The molecule has 5 nitrogen and oxygen atoms in total. The van der Waals surface area contributed by atoms with Gasteiger partial charge in [0.1, 0.15) is 11.6 Å². The second kappa shape index (κ2) is 9.29. The van der Waals surface area contributed by atoms with Crippen LogP contribution in [-0.4, -0.2) is 31.4 Å². The molecule has 3 rings (SSSR count). The van der Waals surface area contributed by atoms with Gasteiger partial charge in [0.2, 0.25) is 5.91 Å². The number of hydrogen-bond acceptors (Lipinski definition) is 5. The largest absolute Gasteiger partial charge is 0.352 e. The van der Waals surface area contributed by atoms with Crippen molar-refractivity contribution in [2.24, 2.45) is 0 Å². The van der Waals surface area contributed by atoms with Crippen molar-refractivity contribution in [2.45, 2.75) is 50.8 Å². The highest BCUT2D eigenvalue weighted by Gasteiger charge is 2.15. The van der Waals surface area contributed by atoms with Gasteiger partial charge in [-0.1, -0.05) is 28.0 Å². The Kier molecular flexibility index (Phi) is 6.81. The molecule has 1 aliphatic heterocycles. The van der Waals surface area contributed by atoms with Crippen molar-refractivity contribution in [3.8, 4) is 5.82 Å². The Balaban J connectivity index is 1.40. The highest BCUT2D eigenvalue weighted by atomic mass is 33.1. The number of carbonyl (C=O) groups is 1. The highest BCUT2D eigenvalue weighted by Crippen LogP contribution is 2.39. The number of hydrogen-bond donors (Lipinski definition) is 1. The normalized spacial score (nSPS) is 16.9. The van der Waals surface area contributed by atoms with Crippen molar-refractivity contribution in [1.82, 2.24) is 19.9 Å². The molecule has 7 heteroatoms. The standard InChI is InChI=1S/C18H24N4OS2/c1-14-19-9-10-22(14)17-12-15(6-8-20-17)13-21-18(23)5-3-2-4-16-7-11-24-25-16/h6,8-10,12,16H,2-5,7,11,13H2,1H3,(H,21,23). The topological polar surface area (TPSA) is 59.8 Å². The van der Waals surface area contributed by atoms with Crippen LogP contribution in [0.4, 0.5) is 0 Å². The van der Waals surface area contributed by atoms with Crippen LogP contribution in [0.5, 0.6) is 0 Å². The van der Waals surface area contributed by atoms with Crippen LogP contribution in [0.25, 0.3) is 5.82 Å². The van der Waals surface area contributed by atoms with Crippen molar-refractivity contribution in [2.75, 3.05) is 5.75 Å².